The number of carboxylic acids is 1. The van der Waals surface area contributed by atoms with E-state index in [-0.39, 0.29) is 18.1 Å². The number of amides is 1. The van der Waals surface area contributed by atoms with Crippen LogP contribution < -0.4 is 0 Å². The molecule has 88 valence electrons. The Kier molecular flexibility index (Phi) is 3.98. The molecule has 0 saturated carbocycles. The van der Waals surface area contributed by atoms with Crippen molar-refractivity contribution >= 4 is 11.9 Å². The predicted octanol–water partition coefficient (Wildman–Crippen LogP) is -0.155. The molecule has 0 aliphatic heterocycles. The van der Waals surface area contributed by atoms with Crippen molar-refractivity contribution in [2.24, 2.45) is 0 Å². The maximum absolute atomic E-state index is 11.7. The van der Waals surface area contributed by atoms with Gasteiger partial charge in [-0.1, -0.05) is 12.1 Å². The van der Waals surface area contributed by atoms with Gasteiger partial charge in [-0.2, -0.15) is 0 Å². The van der Waals surface area contributed by atoms with E-state index >= 15 is 0 Å². The molecule has 0 aromatic carbocycles. The molecule has 1 heterocycles. The van der Waals surface area contributed by atoms with Gasteiger partial charge in [0.25, 0.3) is 5.91 Å². The number of rotatable bonds is 5. The van der Waals surface area contributed by atoms with E-state index in [1.807, 2.05) is 6.92 Å². The average Bonchev–Trinajstić information content (AvgIpc) is 2.64. The molecule has 1 aromatic heterocycles. The largest absolute Gasteiger partial charge is 0.480 e. The maximum atomic E-state index is 11.7. The van der Waals surface area contributed by atoms with Gasteiger partial charge in [-0.05, 0) is 6.42 Å². The first kappa shape index (κ1) is 12.2. The number of carbonyl (C=O) groups is 2. The summed E-state index contributed by atoms with van der Waals surface area (Å²) >= 11 is 0. The summed E-state index contributed by atoms with van der Waals surface area (Å²) in [6.45, 7) is 2.30. The zero-order valence-electron chi connectivity index (χ0n) is 9.25. The van der Waals surface area contributed by atoms with Gasteiger partial charge in [0.2, 0.25) is 0 Å². The van der Waals surface area contributed by atoms with Crippen LogP contribution in [-0.2, 0) is 11.3 Å². The Balaban J connectivity index is 2.70. The second kappa shape index (κ2) is 5.24. The van der Waals surface area contributed by atoms with Gasteiger partial charge in [0.1, 0.15) is 6.54 Å². The first-order valence-corrected chi connectivity index (χ1v) is 4.92. The zero-order chi connectivity index (χ0) is 12.1. The van der Waals surface area contributed by atoms with Gasteiger partial charge in [0, 0.05) is 13.6 Å². The van der Waals surface area contributed by atoms with Crippen LogP contribution in [0.4, 0.5) is 0 Å². The molecule has 1 aromatic rings. The molecule has 0 aliphatic carbocycles. The molecular weight excluding hydrogens is 212 g/mol. The summed E-state index contributed by atoms with van der Waals surface area (Å²) in [5, 5.41) is 15.7. The Morgan fingerprint density at radius 2 is 2.25 bits per heavy atom. The number of aliphatic carboxylic acids is 1. The summed E-state index contributed by atoms with van der Waals surface area (Å²) in [6.07, 6.45) is 2.19. The van der Waals surface area contributed by atoms with Crippen molar-refractivity contribution in [3.63, 3.8) is 0 Å². The van der Waals surface area contributed by atoms with Gasteiger partial charge < -0.3 is 10.0 Å². The van der Waals surface area contributed by atoms with E-state index < -0.39 is 5.97 Å². The second-order valence-electron chi connectivity index (χ2n) is 3.42. The Bertz CT molecular complexity index is 388. The molecule has 0 bridgehead atoms. The summed E-state index contributed by atoms with van der Waals surface area (Å²) in [5.41, 5.74) is 0.164. The Morgan fingerprint density at radius 1 is 1.56 bits per heavy atom. The fourth-order valence-electron chi connectivity index (χ4n) is 1.24. The molecule has 1 amide bonds. The van der Waals surface area contributed by atoms with Crippen LogP contribution in [0, 0.1) is 0 Å². The van der Waals surface area contributed by atoms with Gasteiger partial charge in [0.05, 0.1) is 6.20 Å². The minimum absolute atomic E-state index is 0.164. The lowest BCUT2D eigenvalue weighted by atomic mass is 10.3. The SMILES string of the molecule is CCCN(C)C(=O)c1cn(CC(=O)O)nn1. The summed E-state index contributed by atoms with van der Waals surface area (Å²) < 4.78 is 1.12. The van der Waals surface area contributed by atoms with E-state index in [0.29, 0.717) is 6.54 Å². The number of carbonyl (C=O) groups excluding carboxylic acids is 1. The van der Waals surface area contributed by atoms with Crippen molar-refractivity contribution in [2.45, 2.75) is 19.9 Å². The zero-order valence-corrected chi connectivity index (χ0v) is 9.25. The smallest absolute Gasteiger partial charge is 0.325 e. The Hall–Kier alpha value is -1.92. The summed E-state index contributed by atoms with van der Waals surface area (Å²) in [5.74, 6) is -1.27. The molecule has 0 aliphatic rings. The first-order chi connectivity index (χ1) is 7.54. The van der Waals surface area contributed by atoms with E-state index in [0.717, 1.165) is 11.1 Å². The third-order valence-electron chi connectivity index (χ3n) is 1.96. The van der Waals surface area contributed by atoms with E-state index in [1.165, 1.54) is 11.1 Å². The van der Waals surface area contributed by atoms with Crippen molar-refractivity contribution in [3.05, 3.63) is 11.9 Å². The number of hydrogen-bond acceptors (Lipinski definition) is 4. The highest BCUT2D eigenvalue weighted by atomic mass is 16.4. The standard InChI is InChI=1S/C9H14N4O3/c1-3-4-12(2)9(16)7-5-13(11-10-7)6-8(14)15/h5H,3-4,6H2,1-2H3,(H,14,15). The minimum atomic E-state index is -1.02. The highest BCUT2D eigenvalue weighted by Gasteiger charge is 2.15. The van der Waals surface area contributed by atoms with Gasteiger partial charge >= 0.3 is 5.97 Å². The normalized spacial score (nSPS) is 10.1. The molecule has 7 nitrogen and oxygen atoms in total. The van der Waals surface area contributed by atoms with Gasteiger partial charge in [-0.25, -0.2) is 4.68 Å². The van der Waals surface area contributed by atoms with Gasteiger partial charge in [0.15, 0.2) is 5.69 Å². The maximum Gasteiger partial charge on any atom is 0.325 e. The first-order valence-electron chi connectivity index (χ1n) is 4.92. The fourth-order valence-corrected chi connectivity index (χ4v) is 1.24. The van der Waals surface area contributed by atoms with Gasteiger partial charge in [-0.3, -0.25) is 9.59 Å². The molecule has 16 heavy (non-hydrogen) atoms. The van der Waals surface area contributed by atoms with E-state index in [9.17, 15) is 9.59 Å². The van der Waals surface area contributed by atoms with Crippen LogP contribution in [0.5, 0.6) is 0 Å². The lowest BCUT2D eigenvalue weighted by molar-refractivity contribution is -0.137. The lowest BCUT2D eigenvalue weighted by Crippen LogP contribution is -2.27. The molecule has 0 unspecified atom stereocenters. The molecule has 0 radical (unpaired) electrons. The van der Waals surface area contributed by atoms with Crippen LogP contribution in [0.3, 0.4) is 0 Å². The van der Waals surface area contributed by atoms with Crippen LogP contribution in [0.25, 0.3) is 0 Å². The van der Waals surface area contributed by atoms with E-state index in [1.54, 1.807) is 7.05 Å². The molecular formula is C9H14N4O3. The average molecular weight is 226 g/mol. The fraction of sp³-hybridized carbons (Fsp3) is 0.556. The monoisotopic (exact) mass is 226 g/mol. The van der Waals surface area contributed by atoms with Crippen molar-refractivity contribution < 1.29 is 14.7 Å². The van der Waals surface area contributed by atoms with E-state index in [2.05, 4.69) is 10.3 Å². The molecule has 7 heteroatoms. The highest BCUT2D eigenvalue weighted by Crippen LogP contribution is 1.99. The summed E-state index contributed by atoms with van der Waals surface area (Å²) in [7, 11) is 1.67. The van der Waals surface area contributed by atoms with Crippen LogP contribution in [-0.4, -0.2) is 50.5 Å². The number of carboxylic acid groups (broad SMARTS) is 1. The Morgan fingerprint density at radius 3 is 2.81 bits per heavy atom. The lowest BCUT2D eigenvalue weighted by Gasteiger charge is -2.13. The molecule has 0 saturated heterocycles. The van der Waals surface area contributed by atoms with Crippen molar-refractivity contribution in [1.82, 2.24) is 19.9 Å². The van der Waals surface area contributed by atoms with Crippen LogP contribution >= 0.6 is 0 Å². The number of hydrogen-bond donors (Lipinski definition) is 1. The molecule has 0 spiro atoms. The van der Waals surface area contributed by atoms with Crippen molar-refractivity contribution in [2.75, 3.05) is 13.6 Å². The van der Waals surface area contributed by atoms with Crippen LogP contribution in [0.1, 0.15) is 23.8 Å². The van der Waals surface area contributed by atoms with Crippen molar-refractivity contribution in [3.8, 4) is 0 Å². The summed E-state index contributed by atoms with van der Waals surface area (Å²) in [6, 6.07) is 0. The number of nitrogens with zero attached hydrogens (tertiary/aromatic N) is 4. The van der Waals surface area contributed by atoms with Crippen molar-refractivity contribution in [1.29, 1.82) is 0 Å². The number of aromatic nitrogens is 3. The molecule has 1 rings (SSSR count). The third kappa shape index (κ3) is 3.04. The highest BCUT2D eigenvalue weighted by molar-refractivity contribution is 5.91. The molecule has 0 atom stereocenters. The van der Waals surface area contributed by atoms with E-state index in [4.69, 9.17) is 5.11 Å². The van der Waals surface area contributed by atoms with Crippen LogP contribution in [0.15, 0.2) is 6.20 Å². The minimum Gasteiger partial charge on any atom is -0.480 e. The predicted molar refractivity (Wildman–Crippen MR) is 54.9 cm³/mol. The van der Waals surface area contributed by atoms with Crippen LogP contribution in [0.2, 0.25) is 0 Å². The second-order valence-corrected chi connectivity index (χ2v) is 3.42. The summed E-state index contributed by atoms with van der Waals surface area (Å²) in [4.78, 5) is 23.6. The van der Waals surface area contributed by atoms with Gasteiger partial charge in [-0.15, -0.1) is 5.10 Å². The third-order valence-corrected chi connectivity index (χ3v) is 1.96. The Labute approximate surface area is 92.7 Å². The molecule has 1 N–H and O–H groups in total. The topological polar surface area (TPSA) is 88.3 Å². The molecule has 0 fully saturated rings. The quantitative estimate of drug-likeness (QED) is 0.754.